The van der Waals surface area contributed by atoms with Crippen molar-refractivity contribution < 1.29 is 23.2 Å². The van der Waals surface area contributed by atoms with Gasteiger partial charge in [-0.25, -0.2) is 13.1 Å². The zero-order valence-electron chi connectivity index (χ0n) is 12.2. The Labute approximate surface area is 129 Å². The number of benzene rings is 2. The average Bonchev–Trinajstić information content (AvgIpc) is 2.48. The first-order valence-electron chi connectivity index (χ1n) is 6.90. The topological polar surface area (TPSA) is 95.9 Å². The summed E-state index contributed by atoms with van der Waals surface area (Å²) in [6.45, 7) is 2.25. The van der Waals surface area contributed by atoms with Crippen molar-refractivity contribution in [2.45, 2.75) is 12.7 Å². The molecule has 0 saturated heterocycles. The van der Waals surface area contributed by atoms with E-state index in [9.17, 15) is 8.42 Å². The first-order valence-corrected chi connectivity index (χ1v) is 8.55. The van der Waals surface area contributed by atoms with Gasteiger partial charge in [-0.05, 0) is 23.8 Å². The largest absolute Gasteiger partial charge is 0.494 e. The minimum atomic E-state index is -3.71. The van der Waals surface area contributed by atoms with Crippen molar-refractivity contribution in [3.63, 3.8) is 0 Å². The number of fused-ring (bicyclic) bond motifs is 1. The molecule has 118 valence electrons. The zero-order valence-corrected chi connectivity index (χ0v) is 13.0. The Kier molecular flexibility index (Phi) is 5.41. The minimum absolute atomic E-state index is 0.295. The molecular formula is C14H18BNO5S. The molecule has 0 aliphatic heterocycles. The third-order valence-electron chi connectivity index (χ3n) is 3.12. The first kappa shape index (κ1) is 16.8. The van der Waals surface area contributed by atoms with Crippen molar-refractivity contribution in [1.82, 2.24) is 4.72 Å². The highest BCUT2D eigenvalue weighted by Gasteiger charge is 2.19. The summed E-state index contributed by atoms with van der Waals surface area (Å²) < 4.78 is 31.9. The molecule has 0 fully saturated rings. The number of hydrogen-bond donors (Lipinski definition) is 3. The number of nitrogens with one attached hydrogen (secondary N) is 1. The van der Waals surface area contributed by atoms with E-state index in [1.54, 1.807) is 6.07 Å². The monoisotopic (exact) mass is 323 g/mol. The van der Waals surface area contributed by atoms with Gasteiger partial charge >= 0.3 is 7.12 Å². The molecule has 22 heavy (non-hydrogen) atoms. The molecule has 0 aliphatic carbocycles. The van der Waals surface area contributed by atoms with Gasteiger partial charge in [0, 0.05) is 12.0 Å². The molecule has 6 nitrogen and oxygen atoms in total. The van der Waals surface area contributed by atoms with Crippen LogP contribution in [0.2, 0.25) is 0 Å². The molecule has 2 rings (SSSR count). The molecule has 0 bridgehead atoms. The lowest BCUT2D eigenvalue weighted by molar-refractivity contribution is 0.338. The molecule has 2 aromatic rings. The van der Waals surface area contributed by atoms with E-state index < -0.39 is 23.6 Å². The van der Waals surface area contributed by atoms with Crippen LogP contribution in [-0.4, -0.2) is 38.6 Å². The summed E-state index contributed by atoms with van der Waals surface area (Å²) in [5, 5.41) is 19.3. The summed E-state index contributed by atoms with van der Waals surface area (Å²) in [5.41, 5.74) is 0.555. The van der Waals surface area contributed by atoms with E-state index in [0.29, 0.717) is 17.9 Å². The normalized spacial score (nSPS) is 11.6. The van der Waals surface area contributed by atoms with E-state index in [4.69, 9.17) is 14.8 Å². The molecule has 0 radical (unpaired) electrons. The zero-order chi connectivity index (χ0) is 16.2. The van der Waals surface area contributed by atoms with E-state index in [1.807, 2.05) is 37.3 Å². The Morgan fingerprint density at radius 1 is 1.18 bits per heavy atom. The van der Waals surface area contributed by atoms with E-state index >= 15 is 0 Å². The standard InChI is InChI=1S/C14H18BNO5S/c1-2-21-14-8-7-11-5-3-4-6-12(11)13(14)9-22(19,20)16-10-15(17)18/h3-8,16-18H,2,9-10H2,1H3. The molecule has 0 saturated carbocycles. The maximum atomic E-state index is 12.1. The van der Waals surface area contributed by atoms with Gasteiger partial charge in [0.05, 0.1) is 12.4 Å². The van der Waals surface area contributed by atoms with Crippen molar-refractivity contribution in [3.05, 3.63) is 42.0 Å². The highest BCUT2D eigenvalue weighted by Crippen LogP contribution is 2.29. The van der Waals surface area contributed by atoms with Crippen LogP contribution in [0, 0.1) is 0 Å². The van der Waals surface area contributed by atoms with Crippen LogP contribution in [0.4, 0.5) is 0 Å². The fourth-order valence-electron chi connectivity index (χ4n) is 2.20. The second-order valence-corrected chi connectivity index (χ2v) is 6.59. The molecule has 0 atom stereocenters. The quantitative estimate of drug-likeness (QED) is 0.651. The first-order chi connectivity index (χ1) is 10.4. The van der Waals surface area contributed by atoms with Gasteiger partial charge < -0.3 is 14.8 Å². The molecule has 0 unspecified atom stereocenters. The number of hydrogen-bond acceptors (Lipinski definition) is 5. The lowest BCUT2D eigenvalue weighted by atomic mass is 9.94. The van der Waals surface area contributed by atoms with Crippen LogP contribution < -0.4 is 9.46 Å². The summed E-state index contributed by atoms with van der Waals surface area (Å²) in [4.78, 5) is 0. The van der Waals surface area contributed by atoms with E-state index in [2.05, 4.69) is 4.72 Å². The van der Waals surface area contributed by atoms with Crippen molar-refractivity contribution >= 4 is 27.9 Å². The van der Waals surface area contributed by atoms with Gasteiger partial charge in [0.25, 0.3) is 0 Å². The van der Waals surface area contributed by atoms with Gasteiger partial charge in [-0.15, -0.1) is 0 Å². The summed E-state index contributed by atoms with van der Waals surface area (Å²) >= 11 is 0. The molecule has 3 N–H and O–H groups in total. The van der Waals surface area contributed by atoms with Crippen LogP contribution in [0.5, 0.6) is 5.75 Å². The van der Waals surface area contributed by atoms with Crippen molar-refractivity contribution in [2.24, 2.45) is 0 Å². The van der Waals surface area contributed by atoms with Crippen molar-refractivity contribution in [2.75, 3.05) is 13.1 Å². The third kappa shape index (κ3) is 4.20. The molecular weight excluding hydrogens is 305 g/mol. The van der Waals surface area contributed by atoms with Gasteiger partial charge in [0.2, 0.25) is 10.0 Å². The van der Waals surface area contributed by atoms with Gasteiger partial charge in [-0.1, -0.05) is 30.3 Å². The van der Waals surface area contributed by atoms with E-state index in [-0.39, 0.29) is 5.75 Å². The van der Waals surface area contributed by atoms with Crippen LogP contribution in [0.15, 0.2) is 36.4 Å². The van der Waals surface area contributed by atoms with E-state index in [1.165, 1.54) is 0 Å². The average molecular weight is 323 g/mol. The summed E-state index contributed by atoms with van der Waals surface area (Å²) in [7, 11) is -5.44. The molecule has 0 aromatic heterocycles. The maximum Gasteiger partial charge on any atom is 0.467 e. The second-order valence-electron chi connectivity index (χ2n) is 4.78. The maximum absolute atomic E-state index is 12.1. The molecule has 0 spiro atoms. The van der Waals surface area contributed by atoms with Gasteiger partial charge in [-0.3, -0.25) is 0 Å². The molecule has 0 aliphatic rings. The van der Waals surface area contributed by atoms with Gasteiger partial charge in [0.1, 0.15) is 5.75 Å². The molecule has 0 amide bonds. The fraction of sp³-hybridized carbons (Fsp3) is 0.286. The second kappa shape index (κ2) is 7.10. The highest BCUT2D eigenvalue weighted by atomic mass is 32.2. The van der Waals surface area contributed by atoms with Crippen LogP contribution in [0.1, 0.15) is 12.5 Å². The predicted octanol–water partition coefficient (Wildman–Crippen LogP) is 0.670. The summed E-state index contributed by atoms with van der Waals surface area (Å²) in [6, 6.07) is 11.1. The minimum Gasteiger partial charge on any atom is -0.494 e. The Morgan fingerprint density at radius 3 is 2.59 bits per heavy atom. The van der Waals surface area contributed by atoms with Crippen molar-refractivity contribution in [3.8, 4) is 5.75 Å². The lowest BCUT2D eigenvalue weighted by Crippen LogP contribution is -2.35. The Balaban J connectivity index is 2.41. The Hall–Kier alpha value is -1.61. The SMILES string of the molecule is CCOc1ccc2ccccc2c1CS(=O)(=O)NCB(O)O. The molecule has 2 aromatic carbocycles. The van der Waals surface area contributed by atoms with Crippen molar-refractivity contribution in [1.29, 1.82) is 0 Å². The molecule has 0 heterocycles. The van der Waals surface area contributed by atoms with Crippen LogP contribution >= 0.6 is 0 Å². The Morgan fingerprint density at radius 2 is 1.91 bits per heavy atom. The fourth-order valence-corrected chi connectivity index (χ4v) is 3.38. The van der Waals surface area contributed by atoms with Crippen LogP contribution in [0.3, 0.4) is 0 Å². The summed E-state index contributed by atoms with van der Waals surface area (Å²) in [5.74, 6) is 0.215. The van der Waals surface area contributed by atoms with Crippen LogP contribution in [-0.2, 0) is 15.8 Å². The lowest BCUT2D eigenvalue weighted by Gasteiger charge is -2.14. The van der Waals surface area contributed by atoms with E-state index in [0.717, 1.165) is 10.8 Å². The predicted molar refractivity (Wildman–Crippen MR) is 85.9 cm³/mol. The van der Waals surface area contributed by atoms with Crippen LogP contribution in [0.25, 0.3) is 10.8 Å². The number of ether oxygens (including phenoxy) is 1. The van der Waals surface area contributed by atoms with Gasteiger partial charge in [0.15, 0.2) is 0 Å². The highest BCUT2D eigenvalue weighted by molar-refractivity contribution is 7.88. The van der Waals surface area contributed by atoms with Gasteiger partial charge in [-0.2, -0.15) is 0 Å². The third-order valence-corrected chi connectivity index (χ3v) is 4.39. The number of rotatable bonds is 7. The Bertz CT molecular complexity index is 748. The summed E-state index contributed by atoms with van der Waals surface area (Å²) in [6.07, 6.45) is -0.447. The number of sulfonamides is 1. The smallest absolute Gasteiger partial charge is 0.467 e. The molecule has 8 heteroatoms.